The Kier molecular flexibility index (Phi) is 5.61. The summed E-state index contributed by atoms with van der Waals surface area (Å²) < 4.78 is 5.65. The molecule has 2 fully saturated rings. The van der Waals surface area contributed by atoms with Crippen LogP contribution in [-0.4, -0.2) is 30.0 Å². The van der Waals surface area contributed by atoms with E-state index < -0.39 is 41.8 Å². The van der Waals surface area contributed by atoms with Gasteiger partial charge >= 0.3 is 0 Å². The summed E-state index contributed by atoms with van der Waals surface area (Å²) in [5, 5.41) is 14.7. The van der Waals surface area contributed by atoms with Crippen molar-refractivity contribution in [3.8, 4) is 11.1 Å². The lowest BCUT2D eigenvalue weighted by Crippen LogP contribution is -2.46. The fourth-order valence-electron chi connectivity index (χ4n) is 4.76. The number of ether oxygens (including phenoxy) is 1. The van der Waals surface area contributed by atoms with E-state index in [2.05, 4.69) is 19.2 Å². The van der Waals surface area contributed by atoms with E-state index in [1.54, 1.807) is 0 Å². The first-order valence-corrected chi connectivity index (χ1v) is 11.2. The molecule has 0 aliphatic carbocycles. The number of aryl methyl sites for hydroxylation is 1. The minimum atomic E-state index is -1.28. The van der Waals surface area contributed by atoms with Crippen molar-refractivity contribution in [2.24, 2.45) is 17.6 Å². The average molecular weight is 442 g/mol. The second-order valence-electron chi connectivity index (χ2n) is 8.53. The van der Waals surface area contributed by atoms with Crippen molar-refractivity contribution in [1.29, 1.82) is 0 Å². The van der Waals surface area contributed by atoms with Crippen molar-refractivity contribution in [3.63, 3.8) is 0 Å². The summed E-state index contributed by atoms with van der Waals surface area (Å²) in [5.41, 5.74) is 8.63. The van der Waals surface area contributed by atoms with Crippen LogP contribution >= 0.6 is 11.3 Å². The molecule has 0 spiro atoms. The maximum absolute atomic E-state index is 13.0. The van der Waals surface area contributed by atoms with E-state index in [0.29, 0.717) is 29.3 Å². The smallest absolute Gasteiger partial charge is 0.252 e. The normalized spacial score (nSPS) is 24.5. The van der Waals surface area contributed by atoms with Crippen LogP contribution in [0.2, 0.25) is 0 Å². The number of aliphatic carboxylic acids is 1. The molecule has 7 nitrogen and oxygen atoms in total. The van der Waals surface area contributed by atoms with Crippen LogP contribution in [0.1, 0.15) is 53.4 Å². The summed E-state index contributed by atoms with van der Waals surface area (Å²) >= 11 is 1.25. The third kappa shape index (κ3) is 3.74. The van der Waals surface area contributed by atoms with Gasteiger partial charge in [0, 0.05) is 22.3 Å². The van der Waals surface area contributed by atoms with Crippen molar-refractivity contribution in [2.75, 3.05) is 5.32 Å². The van der Waals surface area contributed by atoms with Crippen molar-refractivity contribution in [1.82, 2.24) is 0 Å². The molecule has 4 rings (SSSR count). The standard InChI is InChI=1S/C23H26N2O5S/c1-10(2)12-4-6-13(7-5-12)16-11(3)31-22(19(16)20(24)26)25-21(27)17-14-8-9-15(30-14)18(17)23(28)29/h4-7,10,14-15,17-18H,8-9H2,1-3H3,(H2,24,26)(H,25,27)(H,28,29)/p-1/t14-,15+,17+,18-/m0/s1. The van der Waals surface area contributed by atoms with Gasteiger partial charge in [-0.1, -0.05) is 38.1 Å². The molecule has 2 aliphatic heterocycles. The number of amides is 2. The van der Waals surface area contributed by atoms with Crippen LogP contribution in [0.25, 0.3) is 11.1 Å². The van der Waals surface area contributed by atoms with Gasteiger partial charge in [0.15, 0.2) is 0 Å². The minimum absolute atomic E-state index is 0.238. The summed E-state index contributed by atoms with van der Waals surface area (Å²) in [4.78, 5) is 37.8. The average Bonchev–Trinajstić information content (AvgIpc) is 3.40. The van der Waals surface area contributed by atoms with Crippen molar-refractivity contribution in [2.45, 2.75) is 51.7 Å². The van der Waals surface area contributed by atoms with E-state index in [0.717, 1.165) is 10.4 Å². The van der Waals surface area contributed by atoms with Gasteiger partial charge in [-0.05, 0) is 36.8 Å². The number of nitrogens with two attached hydrogens (primary N) is 1. The zero-order valence-corrected chi connectivity index (χ0v) is 18.5. The highest BCUT2D eigenvalue weighted by Gasteiger charge is 2.53. The zero-order valence-electron chi connectivity index (χ0n) is 17.6. The molecule has 4 atom stereocenters. The number of carbonyl (C=O) groups is 3. The highest BCUT2D eigenvalue weighted by atomic mass is 32.1. The van der Waals surface area contributed by atoms with Crippen molar-refractivity contribution < 1.29 is 24.2 Å². The predicted molar refractivity (Wildman–Crippen MR) is 116 cm³/mol. The number of carbonyl (C=O) groups excluding carboxylic acids is 3. The van der Waals surface area contributed by atoms with Gasteiger partial charge in [0.05, 0.1) is 23.7 Å². The summed E-state index contributed by atoms with van der Waals surface area (Å²) in [5.74, 6) is -3.87. The summed E-state index contributed by atoms with van der Waals surface area (Å²) in [6.45, 7) is 6.07. The van der Waals surface area contributed by atoms with Gasteiger partial charge in [-0.25, -0.2) is 0 Å². The zero-order chi connectivity index (χ0) is 22.4. The lowest BCUT2D eigenvalue weighted by molar-refractivity contribution is -0.313. The molecular weight excluding hydrogens is 416 g/mol. The molecule has 2 saturated heterocycles. The molecule has 2 aliphatic rings. The van der Waals surface area contributed by atoms with Gasteiger partial charge in [0.1, 0.15) is 5.00 Å². The summed E-state index contributed by atoms with van der Waals surface area (Å²) in [6, 6.07) is 7.91. The number of rotatable bonds is 6. The summed E-state index contributed by atoms with van der Waals surface area (Å²) in [7, 11) is 0. The van der Waals surface area contributed by atoms with E-state index >= 15 is 0 Å². The Morgan fingerprint density at radius 2 is 1.74 bits per heavy atom. The van der Waals surface area contributed by atoms with E-state index in [1.807, 2.05) is 31.2 Å². The molecule has 164 valence electrons. The number of carboxylic acid groups (broad SMARTS) is 1. The molecule has 0 saturated carbocycles. The molecule has 8 heteroatoms. The van der Waals surface area contributed by atoms with Crippen LogP contribution in [-0.2, 0) is 14.3 Å². The Balaban J connectivity index is 1.67. The number of hydrogen-bond donors (Lipinski definition) is 2. The molecule has 0 radical (unpaired) electrons. The quantitative estimate of drug-likeness (QED) is 0.713. The van der Waals surface area contributed by atoms with Gasteiger partial charge in [-0.3, -0.25) is 9.59 Å². The highest BCUT2D eigenvalue weighted by molar-refractivity contribution is 7.17. The highest BCUT2D eigenvalue weighted by Crippen LogP contribution is 2.45. The molecule has 2 bridgehead atoms. The topological polar surface area (TPSA) is 122 Å². The van der Waals surface area contributed by atoms with Crippen molar-refractivity contribution >= 4 is 34.1 Å². The van der Waals surface area contributed by atoms with Crippen LogP contribution in [0.4, 0.5) is 5.00 Å². The molecule has 2 aromatic rings. The number of thiophene rings is 1. The van der Waals surface area contributed by atoms with Gasteiger partial charge < -0.3 is 25.7 Å². The molecule has 2 amide bonds. The molecule has 1 aromatic carbocycles. The Labute approximate surface area is 184 Å². The SMILES string of the molecule is Cc1sc(NC(=O)[C@H]2[C@@H](C(=O)[O-])[C@H]3CC[C@@H]2O3)c(C(N)=O)c1-c1ccc(C(C)C)cc1. The lowest BCUT2D eigenvalue weighted by atomic mass is 9.78. The fraction of sp³-hybridized carbons (Fsp3) is 0.435. The minimum Gasteiger partial charge on any atom is -0.550 e. The first-order valence-electron chi connectivity index (χ1n) is 10.4. The van der Waals surface area contributed by atoms with Gasteiger partial charge in [0.25, 0.3) is 5.91 Å². The van der Waals surface area contributed by atoms with Crippen LogP contribution < -0.4 is 16.2 Å². The third-order valence-electron chi connectivity index (χ3n) is 6.28. The number of fused-ring (bicyclic) bond motifs is 2. The number of primary amides is 1. The Morgan fingerprint density at radius 3 is 2.29 bits per heavy atom. The second-order valence-corrected chi connectivity index (χ2v) is 9.75. The third-order valence-corrected chi connectivity index (χ3v) is 7.30. The molecular formula is C23H25N2O5S-. The number of anilines is 1. The van der Waals surface area contributed by atoms with E-state index in [1.165, 1.54) is 16.9 Å². The first kappa shape index (κ1) is 21.5. The maximum Gasteiger partial charge on any atom is 0.252 e. The molecule has 3 heterocycles. The van der Waals surface area contributed by atoms with Crippen LogP contribution in [0.15, 0.2) is 24.3 Å². The largest absolute Gasteiger partial charge is 0.550 e. The first-order chi connectivity index (χ1) is 14.7. The van der Waals surface area contributed by atoms with Crippen molar-refractivity contribution in [3.05, 3.63) is 40.3 Å². The molecule has 1 aromatic heterocycles. The second kappa shape index (κ2) is 8.09. The monoisotopic (exact) mass is 441 g/mol. The van der Waals surface area contributed by atoms with Gasteiger partial charge in [0.2, 0.25) is 5.91 Å². The van der Waals surface area contributed by atoms with Gasteiger partial charge in [-0.15, -0.1) is 11.3 Å². The molecule has 31 heavy (non-hydrogen) atoms. The number of carboxylic acids is 1. The lowest BCUT2D eigenvalue weighted by Gasteiger charge is -2.27. The number of benzene rings is 1. The Hall–Kier alpha value is -2.71. The van der Waals surface area contributed by atoms with Crippen LogP contribution in [0.3, 0.4) is 0 Å². The van der Waals surface area contributed by atoms with Crippen LogP contribution in [0, 0.1) is 18.8 Å². The predicted octanol–water partition coefficient (Wildman–Crippen LogP) is 2.43. The molecule has 0 unspecified atom stereocenters. The van der Waals surface area contributed by atoms with E-state index in [-0.39, 0.29) is 5.56 Å². The van der Waals surface area contributed by atoms with E-state index in [9.17, 15) is 19.5 Å². The summed E-state index contributed by atoms with van der Waals surface area (Å²) in [6.07, 6.45) is 0.288. The van der Waals surface area contributed by atoms with E-state index in [4.69, 9.17) is 10.5 Å². The maximum atomic E-state index is 13.0. The number of nitrogens with one attached hydrogen (secondary N) is 1. The Morgan fingerprint density at radius 1 is 1.13 bits per heavy atom. The fourth-order valence-corrected chi connectivity index (χ4v) is 5.84. The van der Waals surface area contributed by atoms with Gasteiger partial charge in [-0.2, -0.15) is 0 Å². The number of hydrogen-bond acceptors (Lipinski definition) is 6. The molecule has 3 N–H and O–H groups in total. The van der Waals surface area contributed by atoms with Crippen LogP contribution in [0.5, 0.6) is 0 Å². The Bertz CT molecular complexity index is 1040.